The van der Waals surface area contributed by atoms with Crippen LogP contribution in [0.15, 0.2) is 29.2 Å². The summed E-state index contributed by atoms with van der Waals surface area (Å²) in [7, 11) is -3.91. The van der Waals surface area contributed by atoms with Gasteiger partial charge in [0, 0.05) is 4.83 Å². The molecule has 1 saturated heterocycles. The summed E-state index contributed by atoms with van der Waals surface area (Å²) in [6.07, 6.45) is 4.41. The van der Waals surface area contributed by atoms with Crippen molar-refractivity contribution >= 4 is 32.0 Å². The van der Waals surface area contributed by atoms with Gasteiger partial charge in [0.25, 0.3) is 10.0 Å². The summed E-state index contributed by atoms with van der Waals surface area (Å²) in [6, 6.07) is 5.99. The van der Waals surface area contributed by atoms with Crippen LogP contribution in [0.1, 0.15) is 44.6 Å². The van der Waals surface area contributed by atoms with Gasteiger partial charge in [-0.1, -0.05) is 66.2 Å². The first-order valence-corrected chi connectivity index (χ1v) is 10.7. The van der Waals surface area contributed by atoms with E-state index in [-0.39, 0.29) is 16.3 Å². The molecule has 2 atom stereocenters. The second-order valence-electron chi connectivity index (χ2n) is 6.12. The highest BCUT2D eigenvalue weighted by Gasteiger charge is 2.45. The molecule has 1 amide bonds. The van der Waals surface area contributed by atoms with Crippen LogP contribution in [0.2, 0.25) is 0 Å². The lowest BCUT2D eigenvalue weighted by Gasteiger charge is -2.25. The molecule has 1 aliphatic rings. The van der Waals surface area contributed by atoms with Gasteiger partial charge in [-0.2, -0.15) is 4.31 Å². The lowest BCUT2D eigenvalue weighted by molar-refractivity contribution is 0.170. The zero-order chi connectivity index (χ0) is 17.7. The first-order chi connectivity index (χ1) is 11.4. The molecule has 2 unspecified atom stereocenters. The number of carbonyl (C=O) groups excluding carboxylic acids is 1. The molecule has 0 saturated carbocycles. The summed E-state index contributed by atoms with van der Waals surface area (Å²) < 4.78 is 31.6. The molecule has 134 valence electrons. The van der Waals surface area contributed by atoms with Crippen LogP contribution in [-0.4, -0.2) is 36.3 Å². The monoisotopic (exact) mass is 417 g/mol. The Bertz CT molecular complexity index is 660. The van der Waals surface area contributed by atoms with Crippen molar-refractivity contribution in [3.8, 4) is 0 Å². The number of nitrogens with zero attached hydrogens (tertiary/aromatic N) is 1. The second kappa shape index (κ2) is 8.34. The van der Waals surface area contributed by atoms with Crippen molar-refractivity contribution in [2.75, 3.05) is 6.61 Å². The largest absolute Gasteiger partial charge is 0.446 e. The van der Waals surface area contributed by atoms with Crippen molar-refractivity contribution in [2.24, 2.45) is 0 Å². The van der Waals surface area contributed by atoms with E-state index < -0.39 is 22.2 Å². The molecule has 0 aromatic heterocycles. The van der Waals surface area contributed by atoms with E-state index in [4.69, 9.17) is 4.74 Å². The molecular weight excluding hydrogens is 394 g/mol. The van der Waals surface area contributed by atoms with Crippen LogP contribution in [0.4, 0.5) is 4.79 Å². The van der Waals surface area contributed by atoms with Gasteiger partial charge in [0.15, 0.2) is 0 Å². The summed E-state index contributed by atoms with van der Waals surface area (Å²) in [6.45, 7) is 4.12. The number of carbonyl (C=O) groups is 1. The third-order valence-corrected chi connectivity index (χ3v) is 7.06. The minimum atomic E-state index is -3.91. The molecule has 5 nitrogen and oxygen atoms in total. The minimum absolute atomic E-state index is 0.0909. The van der Waals surface area contributed by atoms with E-state index in [2.05, 4.69) is 22.9 Å². The molecule has 1 aromatic carbocycles. The normalized spacial score (nSPS) is 19.4. The van der Waals surface area contributed by atoms with Gasteiger partial charge >= 0.3 is 6.09 Å². The van der Waals surface area contributed by atoms with Gasteiger partial charge in [-0.25, -0.2) is 13.2 Å². The summed E-state index contributed by atoms with van der Waals surface area (Å²) >= 11 is 3.56. The average Bonchev–Trinajstić information content (AvgIpc) is 2.94. The maximum absolute atomic E-state index is 12.9. The second-order valence-corrected chi connectivity index (χ2v) is 9.11. The van der Waals surface area contributed by atoms with E-state index in [1.54, 1.807) is 12.1 Å². The van der Waals surface area contributed by atoms with E-state index in [0.29, 0.717) is 0 Å². The van der Waals surface area contributed by atoms with Crippen molar-refractivity contribution in [3.63, 3.8) is 0 Å². The number of cyclic esters (lactones) is 1. The van der Waals surface area contributed by atoms with E-state index in [1.807, 2.05) is 6.92 Å². The Morgan fingerprint density at radius 2 is 1.92 bits per heavy atom. The highest BCUT2D eigenvalue weighted by Crippen LogP contribution is 2.30. The lowest BCUT2D eigenvalue weighted by Crippen LogP contribution is -2.43. The molecule has 7 heteroatoms. The Morgan fingerprint density at radius 3 is 2.54 bits per heavy atom. The van der Waals surface area contributed by atoms with Crippen molar-refractivity contribution in [3.05, 3.63) is 29.8 Å². The average molecular weight is 418 g/mol. The zero-order valence-corrected chi connectivity index (χ0v) is 16.5. The van der Waals surface area contributed by atoms with Gasteiger partial charge in [-0.05, 0) is 25.5 Å². The fourth-order valence-corrected chi connectivity index (χ4v) is 5.12. The predicted octanol–water partition coefficient (Wildman–Crippen LogP) is 4.24. The third-order valence-electron chi connectivity index (χ3n) is 4.19. The van der Waals surface area contributed by atoms with Gasteiger partial charge in [0.1, 0.15) is 6.61 Å². The molecule has 0 aliphatic carbocycles. The highest BCUT2D eigenvalue weighted by atomic mass is 79.9. The molecule has 1 aromatic rings. The standard InChI is InChI=1S/C17H24BrNO4S/c1-3-4-5-6-7-15(18)16-12-23-17(20)19(16)24(21,22)14-10-8-13(2)9-11-14/h8-11,15-16H,3-7,12H2,1-2H3. The molecule has 0 spiro atoms. The molecule has 0 radical (unpaired) electrons. The van der Waals surface area contributed by atoms with Crippen LogP contribution < -0.4 is 0 Å². The number of halogens is 1. The summed E-state index contributed by atoms with van der Waals surface area (Å²) in [5.41, 5.74) is 0.962. The number of aryl methyl sites for hydroxylation is 1. The fraction of sp³-hybridized carbons (Fsp3) is 0.588. The topological polar surface area (TPSA) is 63.7 Å². The van der Waals surface area contributed by atoms with Crippen molar-refractivity contribution < 1.29 is 17.9 Å². The van der Waals surface area contributed by atoms with Gasteiger partial charge in [-0.15, -0.1) is 0 Å². The number of sulfonamides is 1. The number of ether oxygens (including phenoxy) is 1. The number of hydrogen-bond acceptors (Lipinski definition) is 4. The molecule has 1 fully saturated rings. The number of amides is 1. The van der Waals surface area contributed by atoms with Gasteiger partial charge < -0.3 is 4.74 Å². The van der Waals surface area contributed by atoms with Crippen LogP contribution in [0.3, 0.4) is 0 Å². The minimum Gasteiger partial charge on any atom is -0.446 e. The molecule has 0 bridgehead atoms. The summed E-state index contributed by atoms with van der Waals surface area (Å²) in [5, 5.41) is 0. The molecule has 1 aliphatic heterocycles. The Kier molecular flexibility index (Phi) is 6.69. The van der Waals surface area contributed by atoms with Crippen molar-refractivity contribution in [2.45, 2.75) is 61.7 Å². The van der Waals surface area contributed by atoms with Gasteiger partial charge in [-0.3, -0.25) is 0 Å². The number of rotatable bonds is 8. The fourth-order valence-electron chi connectivity index (χ4n) is 2.73. The van der Waals surface area contributed by atoms with Gasteiger partial charge in [0.05, 0.1) is 10.9 Å². The first kappa shape index (κ1) is 19.2. The molecule has 0 N–H and O–H groups in total. The number of alkyl halides is 1. The maximum atomic E-state index is 12.9. The molecule has 1 heterocycles. The van der Waals surface area contributed by atoms with Gasteiger partial charge in [0.2, 0.25) is 0 Å². The van der Waals surface area contributed by atoms with Crippen LogP contribution in [-0.2, 0) is 14.8 Å². The molecular formula is C17H24BrNO4S. The smallest absolute Gasteiger partial charge is 0.424 e. The number of unbranched alkanes of at least 4 members (excludes halogenated alkanes) is 3. The van der Waals surface area contributed by atoms with Crippen molar-refractivity contribution in [1.29, 1.82) is 0 Å². The number of benzene rings is 1. The van der Waals surface area contributed by atoms with E-state index >= 15 is 0 Å². The maximum Gasteiger partial charge on any atom is 0.424 e. The molecule has 24 heavy (non-hydrogen) atoms. The van der Waals surface area contributed by atoms with Crippen LogP contribution in [0.5, 0.6) is 0 Å². The SMILES string of the molecule is CCCCCCC(Br)C1COC(=O)N1S(=O)(=O)c1ccc(C)cc1. The zero-order valence-electron chi connectivity index (χ0n) is 14.1. The van der Waals surface area contributed by atoms with Crippen LogP contribution in [0.25, 0.3) is 0 Å². The summed E-state index contributed by atoms with van der Waals surface area (Å²) in [4.78, 5) is 12.1. The summed E-state index contributed by atoms with van der Waals surface area (Å²) in [5.74, 6) is 0. The van der Waals surface area contributed by atoms with E-state index in [9.17, 15) is 13.2 Å². The van der Waals surface area contributed by atoms with Crippen molar-refractivity contribution in [1.82, 2.24) is 4.31 Å². The Hall–Kier alpha value is -1.08. The Balaban J connectivity index is 2.16. The predicted molar refractivity (Wildman–Crippen MR) is 96.8 cm³/mol. The van der Waals surface area contributed by atoms with Crippen LogP contribution in [0, 0.1) is 6.92 Å². The Labute approximate surface area is 152 Å². The third kappa shape index (κ3) is 4.30. The van der Waals surface area contributed by atoms with E-state index in [0.717, 1.165) is 42.0 Å². The first-order valence-electron chi connectivity index (χ1n) is 8.30. The lowest BCUT2D eigenvalue weighted by atomic mass is 10.1. The van der Waals surface area contributed by atoms with E-state index in [1.165, 1.54) is 12.1 Å². The Morgan fingerprint density at radius 1 is 1.25 bits per heavy atom. The molecule has 2 rings (SSSR count). The number of hydrogen-bond donors (Lipinski definition) is 0. The highest BCUT2D eigenvalue weighted by molar-refractivity contribution is 9.09. The van der Waals surface area contributed by atoms with Crippen LogP contribution >= 0.6 is 15.9 Å². The quantitative estimate of drug-likeness (QED) is 0.468.